The van der Waals surface area contributed by atoms with Crippen molar-refractivity contribution in [1.29, 1.82) is 0 Å². The van der Waals surface area contributed by atoms with Gasteiger partial charge in [-0.2, -0.15) is 0 Å². The van der Waals surface area contributed by atoms with E-state index in [1.807, 2.05) is 122 Å². The lowest BCUT2D eigenvalue weighted by Crippen LogP contribution is -2.49. The molecule has 1 N–H and O–H groups in total. The number of esters is 1. The third kappa shape index (κ3) is 6.07. The Morgan fingerprint density at radius 1 is 0.732 bits per heavy atom. The van der Waals surface area contributed by atoms with E-state index in [4.69, 9.17) is 4.74 Å². The molecule has 0 bridgehead atoms. The zero-order valence-corrected chi connectivity index (χ0v) is 23.3. The number of ether oxygens (including phenoxy) is 1. The smallest absolute Gasteiger partial charge is 0.311 e. The van der Waals surface area contributed by atoms with Crippen molar-refractivity contribution in [1.82, 2.24) is 10.2 Å². The van der Waals surface area contributed by atoms with E-state index in [-0.39, 0.29) is 18.2 Å². The van der Waals surface area contributed by atoms with E-state index in [9.17, 15) is 14.4 Å². The summed E-state index contributed by atoms with van der Waals surface area (Å²) in [7, 11) is 1.35. The first-order valence-corrected chi connectivity index (χ1v) is 13.8. The lowest BCUT2D eigenvalue weighted by molar-refractivity contribution is -0.147. The van der Waals surface area contributed by atoms with Crippen molar-refractivity contribution in [2.45, 2.75) is 37.9 Å². The number of hydrogen-bond acceptors (Lipinski definition) is 4. The van der Waals surface area contributed by atoms with Crippen molar-refractivity contribution >= 4 is 17.8 Å². The molecular formula is C35H34N2O4. The highest BCUT2D eigenvalue weighted by molar-refractivity contribution is 5.93. The molecule has 4 atom stereocenters. The summed E-state index contributed by atoms with van der Waals surface area (Å²) in [6.07, 6.45) is 0.0985. The van der Waals surface area contributed by atoms with E-state index in [0.29, 0.717) is 6.54 Å². The second kappa shape index (κ2) is 12.6. The normalized spacial score (nSPS) is 19.9. The van der Waals surface area contributed by atoms with E-state index in [0.717, 1.165) is 27.8 Å². The van der Waals surface area contributed by atoms with Gasteiger partial charge in [0.05, 0.1) is 25.5 Å². The number of methoxy groups -OCH3 is 1. The number of amides is 2. The van der Waals surface area contributed by atoms with Gasteiger partial charge in [0.25, 0.3) is 0 Å². The number of nitrogens with one attached hydrogen (secondary N) is 1. The first-order chi connectivity index (χ1) is 20.0. The minimum Gasteiger partial charge on any atom is -0.469 e. The molecule has 1 aliphatic rings. The van der Waals surface area contributed by atoms with Gasteiger partial charge in [-0.15, -0.1) is 0 Å². The highest BCUT2D eigenvalue weighted by Gasteiger charge is 2.57. The molecule has 1 saturated heterocycles. The molecular weight excluding hydrogens is 512 g/mol. The SMILES string of the molecule is COC(=O)C1C(c2ccccc2)C(C(=O)NCc2ccc(C)cc2)N(C(=O)Cc2ccccc2)C1c1ccccc1. The highest BCUT2D eigenvalue weighted by Crippen LogP contribution is 2.50. The summed E-state index contributed by atoms with van der Waals surface area (Å²) in [6.45, 7) is 2.31. The summed E-state index contributed by atoms with van der Waals surface area (Å²) < 4.78 is 5.34. The van der Waals surface area contributed by atoms with Crippen molar-refractivity contribution < 1.29 is 19.1 Å². The van der Waals surface area contributed by atoms with Gasteiger partial charge in [0, 0.05) is 12.5 Å². The second-order valence-electron chi connectivity index (χ2n) is 10.5. The topological polar surface area (TPSA) is 75.7 Å². The maximum atomic E-state index is 14.3. The molecule has 6 nitrogen and oxygen atoms in total. The van der Waals surface area contributed by atoms with Gasteiger partial charge in [-0.3, -0.25) is 14.4 Å². The van der Waals surface area contributed by atoms with Crippen LogP contribution in [0.25, 0.3) is 0 Å². The van der Waals surface area contributed by atoms with Gasteiger partial charge in [-0.1, -0.05) is 121 Å². The van der Waals surface area contributed by atoms with Crippen LogP contribution in [0.3, 0.4) is 0 Å². The summed E-state index contributed by atoms with van der Waals surface area (Å²) >= 11 is 0. The van der Waals surface area contributed by atoms with Gasteiger partial charge < -0.3 is 15.0 Å². The molecule has 1 heterocycles. The fraction of sp³-hybridized carbons (Fsp3) is 0.229. The zero-order valence-electron chi connectivity index (χ0n) is 23.3. The van der Waals surface area contributed by atoms with Crippen LogP contribution >= 0.6 is 0 Å². The number of carbonyl (C=O) groups excluding carboxylic acids is 3. The molecule has 4 aromatic rings. The lowest BCUT2D eigenvalue weighted by Gasteiger charge is -2.31. The van der Waals surface area contributed by atoms with E-state index in [1.54, 1.807) is 4.90 Å². The Kier molecular flexibility index (Phi) is 8.59. The Hall–Kier alpha value is -4.71. The van der Waals surface area contributed by atoms with Gasteiger partial charge in [0.2, 0.25) is 11.8 Å². The lowest BCUT2D eigenvalue weighted by atomic mass is 9.80. The molecule has 41 heavy (non-hydrogen) atoms. The van der Waals surface area contributed by atoms with Crippen LogP contribution in [0.15, 0.2) is 115 Å². The second-order valence-corrected chi connectivity index (χ2v) is 10.5. The van der Waals surface area contributed by atoms with Crippen LogP contribution in [0.1, 0.15) is 39.8 Å². The molecule has 6 heteroatoms. The van der Waals surface area contributed by atoms with Gasteiger partial charge >= 0.3 is 5.97 Å². The minimum absolute atomic E-state index is 0.0985. The summed E-state index contributed by atoms with van der Waals surface area (Å²) in [5, 5.41) is 3.07. The molecule has 0 radical (unpaired) electrons. The van der Waals surface area contributed by atoms with Gasteiger partial charge in [-0.25, -0.2) is 0 Å². The Bertz CT molecular complexity index is 1470. The third-order valence-electron chi connectivity index (χ3n) is 7.81. The highest BCUT2D eigenvalue weighted by atomic mass is 16.5. The van der Waals surface area contributed by atoms with Crippen LogP contribution in [0, 0.1) is 12.8 Å². The summed E-state index contributed by atoms with van der Waals surface area (Å²) in [5.41, 5.74) is 4.49. The van der Waals surface area contributed by atoms with Crippen LogP contribution in [0.2, 0.25) is 0 Å². The maximum Gasteiger partial charge on any atom is 0.311 e. The molecule has 0 aliphatic carbocycles. The number of rotatable bonds is 8. The molecule has 4 unspecified atom stereocenters. The van der Waals surface area contributed by atoms with Crippen LogP contribution in [-0.2, 0) is 32.1 Å². The molecule has 0 spiro atoms. The molecule has 0 aromatic heterocycles. The van der Waals surface area contributed by atoms with Crippen molar-refractivity contribution in [3.8, 4) is 0 Å². The van der Waals surface area contributed by atoms with Crippen molar-refractivity contribution in [3.05, 3.63) is 143 Å². The predicted molar refractivity (Wildman–Crippen MR) is 158 cm³/mol. The van der Waals surface area contributed by atoms with Crippen molar-refractivity contribution in [2.75, 3.05) is 7.11 Å². The fourth-order valence-corrected chi connectivity index (χ4v) is 5.87. The van der Waals surface area contributed by atoms with Crippen LogP contribution in [-0.4, -0.2) is 35.8 Å². The largest absolute Gasteiger partial charge is 0.469 e. The van der Waals surface area contributed by atoms with Crippen LogP contribution < -0.4 is 5.32 Å². The quantitative estimate of drug-likeness (QED) is 0.301. The molecule has 1 fully saturated rings. The first kappa shape index (κ1) is 27.8. The van der Waals surface area contributed by atoms with E-state index in [2.05, 4.69) is 5.32 Å². The molecule has 4 aromatic carbocycles. The van der Waals surface area contributed by atoms with E-state index >= 15 is 0 Å². The number of benzene rings is 4. The van der Waals surface area contributed by atoms with Gasteiger partial charge in [0.15, 0.2) is 0 Å². The predicted octanol–water partition coefficient (Wildman–Crippen LogP) is 5.38. The molecule has 2 amide bonds. The summed E-state index contributed by atoms with van der Waals surface area (Å²) in [5.74, 6) is -2.41. The Morgan fingerprint density at radius 3 is 1.88 bits per heavy atom. The summed E-state index contributed by atoms with van der Waals surface area (Å²) in [6, 6.07) is 34.7. The number of carbonyl (C=O) groups is 3. The third-order valence-corrected chi connectivity index (χ3v) is 7.81. The Balaban J connectivity index is 1.62. The number of nitrogens with zero attached hydrogens (tertiary/aromatic N) is 1. The van der Waals surface area contributed by atoms with E-state index in [1.165, 1.54) is 7.11 Å². The van der Waals surface area contributed by atoms with Gasteiger partial charge in [-0.05, 0) is 29.2 Å². The molecule has 1 aliphatic heterocycles. The van der Waals surface area contributed by atoms with E-state index < -0.39 is 29.9 Å². The Labute approximate surface area is 241 Å². The number of aryl methyl sites for hydroxylation is 1. The first-order valence-electron chi connectivity index (χ1n) is 13.8. The van der Waals surface area contributed by atoms with Crippen LogP contribution in [0.4, 0.5) is 0 Å². The molecule has 0 saturated carbocycles. The maximum absolute atomic E-state index is 14.3. The monoisotopic (exact) mass is 546 g/mol. The average Bonchev–Trinajstić information content (AvgIpc) is 3.38. The average molecular weight is 547 g/mol. The van der Waals surface area contributed by atoms with Crippen molar-refractivity contribution in [3.63, 3.8) is 0 Å². The Morgan fingerprint density at radius 2 is 1.29 bits per heavy atom. The summed E-state index contributed by atoms with van der Waals surface area (Å²) in [4.78, 5) is 43.7. The van der Waals surface area contributed by atoms with Gasteiger partial charge in [0.1, 0.15) is 6.04 Å². The minimum atomic E-state index is -0.937. The number of likely N-dealkylation sites (tertiary alicyclic amines) is 1. The zero-order chi connectivity index (χ0) is 28.8. The number of hydrogen-bond donors (Lipinski definition) is 1. The van der Waals surface area contributed by atoms with Crippen molar-refractivity contribution in [2.24, 2.45) is 5.92 Å². The molecule has 208 valence electrons. The molecule has 5 rings (SSSR count). The standard InChI is InChI=1S/C35H34N2O4/c1-24-18-20-26(21-19-24)23-36-34(39)33-30(27-14-8-4-9-15-27)31(35(40)41-2)32(28-16-10-5-11-17-28)37(33)29(38)22-25-12-6-3-7-13-25/h3-21,30-33H,22-23H2,1-2H3,(H,36,39). The fourth-order valence-electron chi connectivity index (χ4n) is 5.87. The van der Waals surface area contributed by atoms with Crippen LogP contribution in [0.5, 0.6) is 0 Å².